The maximum absolute atomic E-state index is 6.14. The van der Waals surface area contributed by atoms with Gasteiger partial charge in [-0.05, 0) is 12.5 Å². The lowest BCUT2D eigenvalue weighted by Gasteiger charge is -2.46. The zero-order chi connectivity index (χ0) is 11.8. The minimum atomic E-state index is 0.182. The molecule has 1 aromatic rings. The number of anilines is 1. The van der Waals surface area contributed by atoms with Crippen molar-refractivity contribution >= 4 is 5.69 Å². The van der Waals surface area contributed by atoms with Crippen LogP contribution in [0.15, 0.2) is 18.3 Å². The van der Waals surface area contributed by atoms with Gasteiger partial charge in [-0.1, -0.05) is 0 Å². The van der Waals surface area contributed by atoms with Crippen LogP contribution in [0.5, 0.6) is 5.88 Å². The van der Waals surface area contributed by atoms with Crippen LogP contribution in [0.25, 0.3) is 0 Å². The Kier molecular flexibility index (Phi) is 2.64. The van der Waals surface area contributed by atoms with Crippen molar-refractivity contribution in [2.45, 2.75) is 24.6 Å². The number of fused-ring (bicyclic) bond motifs is 1. The zero-order valence-corrected chi connectivity index (χ0v) is 9.80. The summed E-state index contributed by atoms with van der Waals surface area (Å²) >= 11 is 0. The Morgan fingerprint density at radius 3 is 3.29 bits per heavy atom. The summed E-state index contributed by atoms with van der Waals surface area (Å²) in [5.74, 6) is 1.13. The van der Waals surface area contributed by atoms with Crippen molar-refractivity contribution in [2.75, 3.05) is 19.0 Å². The lowest BCUT2D eigenvalue weighted by molar-refractivity contribution is 0.00537. The van der Waals surface area contributed by atoms with Crippen molar-refractivity contribution in [3.05, 3.63) is 18.3 Å². The van der Waals surface area contributed by atoms with E-state index in [1.807, 2.05) is 12.1 Å². The Balaban J connectivity index is 1.70. The largest absolute Gasteiger partial charge is 0.481 e. The van der Waals surface area contributed by atoms with E-state index in [2.05, 4.69) is 10.3 Å². The highest BCUT2D eigenvalue weighted by atomic mass is 16.5. The smallest absolute Gasteiger partial charge is 0.214 e. The van der Waals surface area contributed by atoms with Gasteiger partial charge in [-0.15, -0.1) is 0 Å². The third-order valence-corrected chi connectivity index (χ3v) is 3.72. The minimum absolute atomic E-state index is 0.182. The summed E-state index contributed by atoms with van der Waals surface area (Å²) in [5.41, 5.74) is 7.11. The number of ether oxygens (including phenoxy) is 2. The standard InChI is InChI=1S/C12H17N3O2/c1-16-9-6-7(2-4-14-9)15-11-10(13)8-3-5-17-12(8)11/h2,4,6,8,10-12H,3,5,13H2,1H3,(H,14,15). The number of methoxy groups -OCH3 is 1. The second-order valence-corrected chi connectivity index (χ2v) is 4.62. The van der Waals surface area contributed by atoms with Gasteiger partial charge in [0.2, 0.25) is 5.88 Å². The molecule has 4 atom stereocenters. The molecular weight excluding hydrogens is 218 g/mol. The monoisotopic (exact) mass is 235 g/mol. The van der Waals surface area contributed by atoms with Gasteiger partial charge in [0.1, 0.15) is 0 Å². The van der Waals surface area contributed by atoms with Gasteiger partial charge in [-0.3, -0.25) is 0 Å². The van der Waals surface area contributed by atoms with Gasteiger partial charge in [0.25, 0.3) is 0 Å². The second kappa shape index (κ2) is 4.16. The first-order valence-electron chi connectivity index (χ1n) is 5.93. The molecule has 0 radical (unpaired) electrons. The zero-order valence-electron chi connectivity index (χ0n) is 9.80. The molecule has 1 saturated carbocycles. The lowest BCUT2D eigenvalue weighted by Crippen LogP contribution is -2.65. The van der Waals surface area contributed by atoms with Crippen LogP contribution in [0, 0.1) is 5.92 Å². The Bertz CT molecular complexity index is 412. The molecule has 92 valence electrons. The van der Waals surface area contributed by atoms with E-state index in [1.165, 1.54) is 0 Å². The summed E-state index contributed by atoms with van der Waals surface area (Å²) in [6.45, 7) is 0.834. The molecule has 3 N–H and O–H groups in total. The van der Waals surface area contributed by atoms with Crippen LogP contribution >= 0.6 is 0 Å². The third kappa shape index (κ3) is 1.75. The molecule has 5 heteroatoms. The number of nitrogens with one attached hydrogen (secondary N) is 1. The van der Waals surface area contributed by atoms with E-state index < -0.39 is 0 Å². The molecule has 17 heavy (non-hydrogen) atoms. The molecule has 1 aromatic heterocycles. The highest BCUT2D eigenvalue weighted by molar-refractivity contribution is 5.47. The number of hydrogen-bond acceptors (Lipinski definition) is 5. The van der Waals surface area contributed by atoms with Crippen LogP contribution in [0.2, 0.25) is 0 Å². The van der Waals surface area contributed by atoms with Crippen LogP contribution in [0.3, 0.4) is 0 Å². The van der Waals surface area contributed by atoms with E-state index >= 15 is 0 Å². The number of nitrogens with two attached hydrogens (primary N) is 1. The molecule has 4 unspecified atom stereocenters. The predicted octanol–water partition coefficient (Wildman–Crippen LogP) is 0.617. The van der Waals surface area contributed by atoms with Crippen molar-refractivity contribution in [3.63, 3.8) is 0 Å². The van der Waals surface area contributed by atoms with Crippen LogP contribution in [-0.4, -0.2) is 36.9 Å². The second-order valence-electron chi connectivity index (χ2n) is 4.62. The Morgan fingerprint density at radius 1 is 1.59 bits per heavy atom. The van der Waals surface area contributed by atoms with Crippen molar-refractivity contribution in [1.82, 2.24) is 4.98 Å². The van der Waals surface area contributed by atoms with Crippen LogP contribution in [0.4, 0.5) is 5.69 Å². The normalized spacial score (nSPS) is 34.9. The van der Waals surface area contributed by atoms with Gasteiger partial charge in [0, 0.05) is 36.5 Å². The fourth-order valence-electron chi connectivity index (χ4n) is 2.73. The van der Waals surface area contributed by atoms with Crippen LogP contribution < -0.4 is 15.8 Å². The summed E-state index contributed by atoms with van der Waals surface area (Å²) in [7, 11) is 1.61. The maximum Gasteiger partial charge on any atom is 0.214 e. The predicted molar refractivity (Wildman–Crippen MR) is 64.0 cm³/mol. The fourth-order valence-corrected chi connectivity index (χ4v) is 2.73. The van der Waals surface area contributed by atoms with E-state index in [9.17, 15) is 0 Å². The summed E-state index contributed by atoms with van der Waals surface area (Å²) < 4.78 is 10.8. The molecule has 5 nitrogen and oxygen atoms in total. The number of hydrogen-bond donors (Lipinski definition) is 2. The van der Waals surface area contributed by atoms with Crippen molar-refractivity contribution < 1.29 is 9.47 Å². The lowest BCUT2D eigenvalue weighted by atomic mass is 9.72. The van der Waals surface area contributed by atoms with E-state index in [1.54, 1.807) is 13.3 Å². The average molecular weight is 235 g/mol. The van der Waals surface area contributed by atoms with E-state index in [0.717, 1.165) is 18.7 Å². The molecule has 0 bridgehead atoms. The molecule has 0 aromatic carbocycles. The van der Waals surface area contributed by atoms with E-state index in [-0.39, 0.29) is 18.2 Å². The highest BCUT2D eigenvalue weighted by Crippen LogP contribution is 2.39. The highest BCUT2D eigenvalue weighted by Gasteiger charge is 2.52. The molecule has 1 aliphatic heterocycles. The number of pyridine rings is 1. The van der Waals surface area contributed by atoms with Gasteiger partial charge in [-0.2, -0.15) is 0 Å². The first-order valence-corrected chi connectivity index (χ1v) is 5.93. The van der Waals surface area contributed by atoms with Gasteiger partial charge in [-0.25, -0.2) is 4.98 Å². The SMILES string of the molecule is COc1cc(NC2C(N)C3CCOC32)ccn1. The van der Waals surface area contributed by atoms with Crippen LogP contribution in [-0.2, 0) is 4.74 Å². The Labute approximate surface area is 100 Å². The Morgan fingerprint density at radius 2 is 2.47 bits per heavy atom. The molecule has 1 saturated heterocycles. The van der Waals surface area contributed by atoms with Gasteiger partial charge < -0.3 is 20.5 Å². The van der Waals surface area contributed by atoms with Crippen molar-refractivity contribution in [3.8, 4) is 5.88 Å². The summed E-state index contributed by atoms with van der Waals surface area (Å²) in [4.78, 5) is 4.07. The first-order chi connectivity index (χ1) is 8.29. The quantitative estimate of drug-likeness (QED) is 0.803. The fraction of sp³-hybridized carbons (Fsp3) is 0.583. The molecule has 0 amide bonds. The number of nitrogens with zero attached hydrogens (tertiary/aromatic N) is 1. The average Bonchev–Trinajstić information content (AvgIpc) is 2.81. The maximum atomic E-state index is 6.14. The Hall–Kier alpha value is -1.33. The van der Waals surface area contributed by atoms with Gasteiger partial charge in [0.05, 0.1) is 19.3 Å². The third-order valence-electron chi connectivity index (χ3n) is 3.72. The summed E-state index contributed by atoms with van der Waals surface area (Å²) in [6, 6.07) is 4.17. The molecule has 2 aliphatic rings. The molecular formula is C12H17N3O2. The summed E-state index contributed by atoms with van der Waals surface area (Å²) in [5, 5.41) is 3.40. The van der Waals surface area contributed by atoms with E-state index in [0.29, 0.717) is 11.8 Å². The topological polar surface area (TPSA) is 69.4 Å². The van der Waals surface area contributed by atoms with Crippen LogP contribution in [0.1, 0.15) is 6.42 Å². The molecule has 3 rings (SSSR count). The van der Waals surface area contributed by atoms with Crippen molar-refractivity contribution in [2.24, 2.45) is 11.7 Å². The number of rotatable bonds is 3. The molecule has 1 aliphatic carbocycles. The summed E-state index contributed by atoms with van der Waals surface area (Å²) in [6.07, 6.45) is 3.08. The molecule has 2 fully saturated rings. The van der Waals surface area contributed by atoms with Gasteiger partial charge >= 0.3 is 0 Å². The van der Waals surface area contributed by atoms with Crippen molar-refractivity contribution in [1.29, 1.82) is 0 Å². The molecule has 2 heterocycles. The minimum Gasteiger partial charge on any atom is -0.481 e. The first kappa shape index (κ1) is 10.8. The van der Waals surface area contributed by atoms with E-state index in [4.69, 9.17) is 15.2 Å². The number of aromatic nitrogens is 1. The molecule has 0 spiro atoms. The van der Waals surface area contributed by atoms with Gasteiger partial charge in [0.15, 0.2) is 0 Å².